The number of hydrogen-bond acceptors (Lipinski definition) is 2. The molecule has 0 saturated carbocycles. The Balaban J connectivity index is 2.41. The molecule has 1 heterocycles. The zero-order valence-electron chi connectivity index (χ0n) is 8.52. The Kier molecular flexibility index (Phi) is 2.93. The highest BCUT2D eigenvalue weighted by Gasteiger charge is 2.01. The third-order valence-electron chi connectivity index (χ3n) is 2.19. The minimum Gasteiger partial charge on any atom is -0.252 e. The first kappa shape index (κ1) is 10.3. The maximum absolute atomic E-state index is 13.0. The number of hydrogen-bond donors (Lipinski definition) is 0. The molecule has 1 aromatic heterocycles. The summed E-state index contributed by atoms with van der Waals surface area (Å²) in [4.78, 5) is 4.28. The fourth-order valence-corrected chi connectivity index (χ4v) is 1.47. The van der Waals surface area contributed by atoms with Crippen molar-refractivity contribution in [2.75, 3.05) is 0 Å². The highest BCUT2D eigenvalue weighted by atomic mass is 19.1. The first-order valence-corrected chi connectivity index (χ1v) is 4.88. The van der Waals surface area contributed by atoms with E-state index in [4.69, 9.17) is 5.26 Å². The van der Waals surface area contributed by atoms with Crippen molar-refractivity contribution in [2.45, 2.75) is 6.42 Å². The zero-order chi connectivity index (χ0) is 11.4. The maximum atomic E-state index is 13.0. The summed E-state index contributed by atoms with van der Waals surface area (Å²) >= 11 is 0. The molecule has 78 valence electrons. The monoisotopic (exact) mass is 212 g/mol. The number of benzene rings is 1. The fraction of sp³-hybridized carbons (Fsp3) is 0.0769. The molecule has 16 heavy (non-hydrogen) atoms. The maximum Gasteiger partial charge on any atom is 0.123 e. The molecule has 2 rings (SSSR count). The SMILES string of the molecule is N#CCc1cccc(-c2cccc(F)c2)n1. The molecule has 0 aliphatic rings. The van der Waals surface area contributed by atoms with Crippen molar-refractivity contribution in [1.29, 1.82) is 5.26 Å². The Morgan fingerprint density at radius 1 is 1.19 bits per heavy atom. The van der Waals surface area contributed by atoms with Crippen LogP contribution in [0.4, 0.5) is 4.39 Å². The van der Waals surface area contributed by atoms with Crippen molar-refractivity contribution >= 4 is 0 Å². The smallest absolute Gasteiger partial charge is 0.123 e. The van der Waals surface area contributed by atoms with Crippen LogP contribution in [-0.4, -0.2) is 4.98 Å². The minimum absolute atomic E-state index is 0.267. The molecule has 0 saturated heterocycles. The van der Waals surface area contributed by atoms with Gasteiger partial charge in [0.1, 0.15) is 5.82 Å². The molecule has 2 aromatic rings. The first-order chi connectivity index (χ1) is 7.79. The van der Waals surface area contributed by atoms with Crippen LogP contribution in [0.25, 0.3) is 11.3 Å². The first-order valence-electron chi connectivity index (χ1n) is 4.88. The van der Waals surface area contributed by atoms with Crippen LogP contribution in [0.5, 0.6) is 0 Å². The van der Waals surface area contributed by atoms with Crippen molar-refractivity contribution in [3.05, 3.63) is 54.0 Å². The lowest BCUT2D eigenvalue weighted by molar-refractivity contribution is 0.628. The molecule has 1 aromatic carbocycles. The van der Waals surface area contributed by atoms with E-state index in [2.05, 4.69) is 4.98 Å². The second-order valence-corrected chi connectivity index (χ2v) is 3.36. The van der Waals surface area contributed by atoms with Crippen LogP contribution in [0.15, 0.2) is 42.5 Å². The van der Waals surface area contributed by atoms with Crippen LogP contribution in [0.3, 0.4) is 0 Å². The molecule has 0 atom stereocenters. The molecule has 2 nitrogen and oxygen atoms in total. The Morgan fingerprint density at radius 3 is 2.75 bits per heavy atom. The van der Waals surface area contributed by atoms with Crippen LogP contribution in [0.2, 0.25) is 0 Å². The average Bonchev–Trinajstić information content (AvgIpc) is 2.30. The van der Waals surface area contributed by atoms with Crippen molar-refractivity contribution in [1.82, 2.24) is 4.98 Å². The van der Waals surface area contributed by atoms with E-state index in [0.717, 1.165) is 5.56 Å². The van der Waals surface area contributed by atoms with Crippen molar-refractivity contribution in [2.24, 2.45) is 0 Å². The van der Waals surface area contributed by atoms with Gasteiger partial charge in [0.05, 0.1) is 23.9 Å². The van der Waals surface area contributed by atoms with Gasteiger partial charge < -0.3 is 0 Å². The van der Waals surface area contributed by atoms with Gasteiger partial charge in [-0.15, -0.1) is 0 Å². The Morgan fingerprint density at radius 2 is 2.00 bits per heavy atom. The normalized spacial score (nSPS) is 9.75. The van der Waals surface area contributed by atoms with Crippen LogP contribution < -0.4 is 0 Å². The van der Waals surface area contributed by atoms with E-state index in [0.29, 0.717) is 11.4 Å². The number of nitrogens with zero attached hydrogens (tertiary/aromatic N) is 2. The van der Waals surface area contributed by atoms with E-state index in [1.807, 2.05) is 12.1 Å². The van der Waals surface area contributed by atoms with Crippen LogP contribution >= 0.6 is 0 Å². The van der Waals surface area contributed by atoms with Crippen LogP contribution in [0, 0.1) is 17.1 Å². The van der Waals surface area contributed by atoms with Gasteiger partial charge in [-0.1, -0.05) is 18.2 Å². The third kappa shape index (κ3) is 2.23. The molecule has 0 radical (unpaired) electrons. The lowest BCUT2D eigenvalue weighted by Gasteiger charge is -2.02. The summed E-state index contributed by atoms with van der Waals surface area (Å²) < 4.78 is 13.0. The minimum atomic E-state index is -0.287. The number of aromatic nitrogens is 1. The van der Waals surface area contributed by atoms with E-state index in [1.54, 1.807) is 24.3 Å². The summed E-state index contributed by atoms with van der Waals surface area (Å²) in [6.45, 7) is 0. The highest BCUT2D eigenvalue weighted by molar-refractivity contribution is 5.59. The molecule has 0 spiro atoms. The number of pyridine rings is 1. The predicted molar refractivity (Wildman–Crippen MR) is 58.9 cm³/mol. The molecule has 0 bridgehead atoms. The van der Waals surface area contributed by atoms with Gasteiger partial charge in [-0.3, -0.25) is 4.98 Å². The lowest BCUT2D eigenvalue weighted by Crippen LogP contribution is -1.90. The lowest BCUT2D eigenvalue weighted by atomic mass is 10.1. The Hall–Kier alpha value is -2.21. The molecule has 0 amide bonds. The van der Waals surface area contributed by atoms with Gasteiger partial charge in [-0.05, 0) is 24.3 Å². The summed E-state index contributed by atoms with van der Waals surface area (Å²) in [6.07, 6.45) is 0.267. The summed E-state index contributed by atoms with van der Waals surface area (Å²) in [5, 5.41) is 8.58. The fourth-order valence-electron chi connectivity index (χ4n) is 1.47. The molecular formula is C13H9FN2. The Labute approximate surface area is 93.0 Å². The molecular weight excluding hydrogens is 203 g/mol. The summed E-state index contributed by atoms with van der Waals surface area (Å²) in [5.74, 6) is -0.287. The summed E-state index contributed by atoms with van der Waals surface area (Å²) in [6, 6.07) is 13.7. The quantitative estimate of drug-likeness (QED) is 0.767. The number of halogens is 1. The van der Waals surface area contributed by atoms with Crippen molar-refractivity contribution in [3.63, 3.8) is 0 Å². The zero-order valence-corrected chi connectivity index (χ0v) is 8.52. The van der Waals surface area contributed by atoms with Crippen LogP contribution in [-0.2, 0) is 6.42 Å². The van der Waals surface area contributed by atoms with E-state index >= 15 is 0 Å². The predicted octanol–water partition coefficient (Wildman–Crippen LogP) is 2.95. The van der Waals surface area contributed by atoms with Gasteiger partial charge in [0, 0.05) is 5.56 Å². The van der Waals surface area contributed by atoms with E-state index in [1.165, 1.54) is 12.1 Å². The standard InChI is InChI=1S/C13H9FN2/c14-11-4-1-3-10(9-11)13-6-2-5-12(16-13)7-8-15/h1-6,9H,7H2. The van der Waals surface area contributed by atoms with Gasteiger partial charge in [-0.2, -0.15) is 5.26 Å². The van der Waals surface area contributed by atoms with Gasteiger partial charge in [0.25, 0.3) is 0 Å². The average molecular weight is 212 g/mol. The van der Waals surface area contributed by atoms with E-state index in [-0.39, 0.29) is 12.2 Å². The molecule has 3 heteroatoms. The molecule has 0 fully saturated rings. The second kappa shape index (κ2) is 4.54. The van der Waals surface area contributed by atoms with Gasteiger partial charge >= 0.3 is 0 Å². The second-order valence-electron chi connectivity index (χ2n) is 3.36. The van der Waals surface area contributed by atoms with Gasteiger partial charge in [-0.25, -0.2) is 4.39 Å². The Bertz CT molecular complexity index is 544. The van der Waals surface area contributed by atoms with Crippen LogP contribution in [0.1, 0.15) is 5.69 Å². The molecule has 0 aliphatic carbocycles. The summed E-state index contributed by atoms with van der Waals surface area (Å²) in [5.41, 5.74) is 2.11. The van der Waals surface area contributed by atoms with E-state index < -0.39 is 0 Å². The highest BCUT2D eigenvalue weighted by Crippen LogP contribution is 2.18. The van der Waals surface area contributed by atoms with Crippen molar-refractivity contribution in [3.8, 4) is 17.3 Å². The van der Waals surface area contributed by atoms with Crippen molar-refractivity contribution < 1.29 is 4.39 Å². The summed E-state index contributed by atoms with van der Waals surface area (Å²) in [7, 11) is 0. The molecule has 0 unspecified atom stereocenters. The molecule has 0 N–H and O–H groups in total. The topological polar surface area (TPSA) is 36.7 Å². The van der Waals surface area contributed by atoms with Gasteiger partial charge in [0.2, 0.25) is 0 Å². The number of nitriles is 1. The third-order valence-corrected chi connectivity index (χ3v) is 2.19. The largest absolute Gasteiger partial charge is 0.252 e. The molecule has 0 aliphatic heterocycles. The van der Waals surface area contributed by atoms with Gasteiger partial charge in [0.15, 0.2) is 0 Å². The number of rotatable bonds is 2. The van der Waals surface area contributed by atoms with E-state index in [9.17, 15) is 4.39 Å².